The highest BCUT2D eigenvalue weighted by molar-refractivity contribution is 5.20. The molecule has 2 aromatic rings. The van der Waals surface area contributed by atoms with Gasteiger partial charge in [-0.05, 0) is 32.0 Å². The second-order valence-electron chi connectivity index (χ2n) is 5.67. The van der Waals surface area contributed by atoms with Crippen LogP contribution in [0.4, 0.5) is 4.39 Å². The van der Waals surface area contributed by atoms with E-state index in [2.05, 4.69) is 0 Å². The van der Waals surface area contributed by atoms with Crippen LogP contribution in [0.3, 0.4) is 0 Å². The first kappa shape index (κ1) is 15.3. The molecule has 0 aliphatic rings. The molecule has 0 saturated carbocycles. The van der Waals surface area contributed by atoms with Crippen molar-refractivity contribution in [3.05, 3.63) is 64.3 Å². The highest BCUT2D eigenvalue weighted by atomic mass is 19.1. The summed E-state index contributed by atoms with van der Waals surface area (Å²) in [6.07, 6.45) is 1.66. The van der Waals surface area contributed by atoms with Gasteiger partial charge >= 0.3 is 0 Å². The molecule has 1 heterocycles. The van der Waals surface area contributed by atoms with E-state index in [4.69, 9.17) is 10.5 Å². The molecule has 2 N–H and O–H groups in total. The molecule has 21 heavy (non-hydrogen) atoms. The van der Waals surface area contributed by atoms with Crippen LogP contribution < -0.4 is 16.0 Å². The summed E-state index contributed by atoms with van der Waals surface area (Å²) in [6.45, 7) is 4.07. The van der Waals surface area contributed by atoms with Crippen molar-refractivity contribution in [2.75, 3.05) is 0 Å². The van der Waals surface area contributed by atoms with Gasteiger partial charge in [0.25, 0.3) is 5.56 Å². The molecule has 0 radical (unpaired) electrons. The summed E-state index contributed by atoms with van der Waals surface area (Å²) in [6, 6.07) is 9.60. The lowest BCUT2D eigenvalue weighted by atomic mass is 10.1. The number of nitrogens with zero attached hydrogens (tertiary/aromatic N) is 1. The van der Waals surface area contributed by atoms with Crippen molar-refractivity contribution in [2.24, 2.45) is 5.73 Å². The SMILES string of the molecule is CC(C)(N)Cn1cccc(OCc2ccccc2F)c1=O. The van der Waals surface area contributed by atoms with Gasteiger partial charge in [0.15, 0.2) is 5.75 Å². The quantitative estimate of drug-likeness (QED) is 0.919. The first-order chi connectivity index (χ1) is 9.87. The molecule has 0 atom stereocenters. The van der Waals surface area contributed by atoms with Crippen molar-refractivity contribution in [1.82, 2.24) is 4.57 Å². The second kappa shape index (κ2) is 6.10. The molecule has 1 aromatic carbocycles. The summed E-state index contributed by atoms with van der Waals surface area (Å²) in [5.41, 5.74) is 5.55. The van der Waals surface area contributed by atoms with E-state index in [1.807, 2.05) is 13.8 Å². The maximum Gasteiger partial charge on any atom is 0.292 e. The minimum atomic E-state index is -0.506. The third-order valence-electron chi connectivity index (χ3n) is 2.90. The fourth-order valence-corrected chi connectivity index (χ4v) is 1.96. The van der Waals surface area contributed by atoms with Gasteiger partial charge in [0, 0.05) is 23.8 Å². The van der Waals surface area contributed by atoms with Crippen molar-refractivity contribution in [3.8, 4) is 5.75 Å². The maximum absolute atomic E-state index is 13.5. The molecule has 2 rings (SSSR count). The minimum absolute atomic E-state index is 0.0118. The summed E-state index contributed by atoms with van der Waals surface area (Å²) in [5, 5.41) is 0. The maximum atomic E-state index is 13.5. The van der Waals surface area contributed by atoms with E-state index in [1.165, 1.54) is 10.6 Å². The van der Waals surface area contributed by atoms with Gasteiger partial charge in [-0.3, -0.25) is 4.79 Å². The van der Waals surface area contributed by atoms with Crippen LogP contribution in [-0.4, -0.2) is 10.1 Å². The lowest BCUT2D eigenvalue weighted by Crippen LogP contribution is -2.40. The molecule has 5 heteroatoms. The van der Waals surface area contributed by atoms with Crippen LogP contribution >= 0.6 is 0 Å². The largest absolute Gasteiger partial charge is 0.483 e. The molecule has 0 spiro atoms. The van der Waals surface area contributed by atoms with E-state index in [0.717, 1.165) is 0 Å². The molecule has 0 unspecified atom stereocenters. The average Bonchev–Trinajstić information content (AvgIpc) is 2.40. The van der Waals surface area contributed by atoms with Crippen LogP contribution in [0.1, 0.15) is 19.4 Å². The molecular weight excluding hydrogens is 271 g/mol. The van der Waals surface area contributed by atoms with Gasteiger partial charge in [0.2, 0.25) is 0 Å². The summed E-state index contributed by atoms with van der Waals surface area (Å²) < 4.78 is 20.5. The second-order valence-corrected chi connectivity index (χ2v) is 5.67. The highest BCUT2D eigenvalue weighted by Crippen LogP contribution is 2.11. The Hall–Kier alpha value is -2.14. The van der Waals surface area contributed by atoms with E-state index in [1.54, 1.807) is 36.5 Å². The van der Waals surface area contributed by atoms with E-state index < -0.39 is 5.54 Å². The minimum Gasteiger partial charge on any atom is -0.483 e. The van der Waals surface area contributed by atoms with Crippen LogP contribution in [0, 0.1) is 5.82 Å². The van der Waals surface area contributed by atoms with Gasteiger partial charge in [-0.2, -0.15) is 0 Å². The zero-order valence-electron chi connectivity index (χ0n) is 12.2. The molecule has 0 aliphatic heterocycles. The molecule has 0 fully saturated rings. The Bertz CT molecular complexity index is 674. The molecular formula is C16H19FN2O2. The van der Waals surface area contributed by atoms with E-state index in [-0.39, 0.29) is 23.7 Å². The zero-order valence-corrected chi connectivity index (χ0v) is 12.2. The smallest absolute Gasteiger partial charge is 0.292 e. The number of pyridine rings is 1. The third-order valence-corrected chi connectivity index (χ3v) is 2.90. The zero-order chi connectivity index (χ0) is 15.5. The van der Waals surface area contributed by atoms with E-state index in [0.29, 0.717) is 12.1 Å². The van der Waals surface area contributed by atoms with Gasteiger partial charge in [-0.25, -0.2) is 4.39 Å². The Labute approximate surface area is 123 Å². The Balaban J connectivity index is 2.16. The standard InChI is InChI=1S/C16H19FN2O2/c1-16(2,18)11-19-9-5-8-14(15(19)20)21-10-12-6-3-4-7-13(12)17/h3-9H,10-11,18H2,1-2H3. The molecule has 112 valence electrons. The lowest BCUT2D eigenvalue weighted by Gasteiger charge is -2.20. The number of hydrogen-bond acceptors (Lipinski definition) is 3. The van der Waals surface area contributed by atoms with Crippen LogP contribution in [-0.2, 0) is 13.2 Å². The highest BCUT2D eigenvalue weighted by Gasteiger charge is 2.14. The van der Waals surface area contributed by atoms with Crippen molar-refractivity contribution < 1.29 is 9.13 Å². The Morgan fingerprint density at radius 3 is 2.62 bits per heavy atom. The van der Waals surface area contributed by atoms with Crippen molar-refractivity contribution in [3.63, 3.8) is 0 Å². The van der Waals surface area contributed by atoms with Crippen molar-refractivity contribution in [1.29, 1.82) is 0 Å². The molecule has 1 aromatic heterocycles. The molecule has 0 saturated heterocycles. The van der Waals surface area contributed by atoms with Crippen LogP contribution in [0.2, 0.25) is 0 Å². The van der Waals surface area contributed by atoms with Gasteiger partial charge in [0.1, 0.15) is 12.4 Å². The number of hydrogen-bond donors (Lipinski definition) is 1. The van der Waals surface area contributed by atoms with Crippen molar-refractivity contribution in [2.45, 2.75) is 32.5 Å². The van der Waals surface area contributed by atoms with Gasteiger partial charge in [-0.15, -0.1) is 0 Å². The average molecular weight is 290 g/mol. The fraction of sp³-hybridized carbons (Fsp3) is 0.312. The Morgan fingerprint density at radius 1 is 1.24 bits per heavy atom. The molecule has 0 amide bonds. The topological polar surface area (TPSA) is 57.2 Å². The number of rotatable bonds is 5. The Kier molecular flexibility index (Phi) is 4.43. The summed E-state index contributed by atoms with van der Waals surface area (Å²) in [5.74, 6) is -0.165. The summed E-state index contributed by atoms with van der Waals surface area (Å²) in [4.78, 5) is 12.2. The first-order valence-corrected chi connectivity index (χ1v) is 6.71. The van der Waals surface area contributed by atoms with E-state index in [9.17, 15) is 9.18 Å². The molecule has 0 bridgehead atoms. The Morgan fingerprint density at radius 2 is 1.95 bits per heavy atom. The molecule has 0 aliphatic carbocycles. The monoisotopic (exact) mass is 290 g/mol. The number of nitrogens with two attached hydrogens (primary N) is 1. The van der Waals surface area contributed by atoms with Crippen LogP contribution in [0.25, 0.3) is 0 Å². The lowest BCUT2D eigenvalue weighted by molar-refractivity contribution is 0.291. The van der Waals surface area contributed by atoms with Crippen LogP contribution in [0.5, 0.6) is 5.75 Å². The molecule has 4 nitrogen and oxygen atoms in total. The van der Waals surface area contributed by atoms with Crippen LogP contribution in [0.15, 0.2) is 47.4 Å². The number of aromatic nitrogens is 1. The van der Waals surface area contributed by atoms with E-state index >= 15 is 0 Å². The summed E-state index contributed by atoms with van der Waals surface area (Å²) in [7, 11) is 0. The first-order valence-electron chi connectivity index (χ1n) is 6.71. The summed E-state index contributed by atoms with van der Waals surface area (Å²) >= 11 is 0. The predicted octanol–water partition coefficient (Wildman–Crippen LogP) is 2.30. The third kappa shape index (κ3) is 4.16. The number of ether oxygens (including phenoxy) is 1. The predicted molar refractivity (Wildman–Crippen MR) is 79.7 cm³/mol. The van der Waals surface area contributed by atoms with Gasteiger partial charge in [-0.1, -0.05) is 18.2 Å². The van der Waals surface area contributed by atoms with Gasteiger partial charge in [0.05, 0.1) is 0 Å². The number of benzene rings is 1. The fourth-order valence-electron chi connectivity index (χ4n) is 1.96. The van der Waals surface area contributed by atoms with Crippen molar-refractivity contribution >= 4 is 0 Å². The normalized spacial score (nSPS) is 11.4. The number of halogens is 1. The van der Waals surface area contributed by atoms with Gasteiger partial charge < -0.3 is 15.0 Å².